The summed E-state index contributed by atoms with van der Waals surface area (Å²) in [6.45, 7) is 2.24. The van der Waals surface area contributed by atoms with Crippen molar-refractivity contribution in [2.24, 2.45) is 0 Å². The maximum absolute atomic E-state index is 4.81. The van der Waals surface area contributed by atoms with Gasteiger partial charge in [0.05, 0.1) is 5.69 Å². The van der Waals surface area contributed by atoms with Crippen molar-refractivity contribution in [1.29, 1.82) is 0 Å². The highest BCUT2D eigenvalue weighted by Crippen LogP contribution is 2.31. The molecule has 18 heavy (non-hydrogen) atoms. The Bertz CT molecular complexity index is 515. The number of halogens is 1. The quantitative estimate of drug-likeness (QED) is 0.902. The lowest BCUT2D eigenvalue weighted by Crippen LogP contribution is -2.26. The highest BCUT2D eigenvalue weighted by atomic mass is 79.9. The molecule has 1 fully saturated rings. The Kier molecular flexibility index (Phi) is 3.77. The smallest absolute Gasteiger partial charge is 0.123 e. The predicted octanol–water partition coefficient (Wildman–Crippen LogP) is 4.04. The van der Waals surface area contributed by atoms with Gasteiger partial charge in [-0.1, -0.05) is 28.1 Å². The molecule has 0 amide bonds. The number of piperidine rings is 1. The number of rotatable bonds is 2. The number of aromatic nitrogens is 1. The Labute approximate surface area is 120 Å². The number of benzene rings is 1. The molecule has 1 aliphatic rings. The summed E-state index contributed by atoms with van der Waals surface area (Å²) < 4.78 is 1.11. The molecule has 0 atom stereocenters. The summed E-state index contributed by atoms with van der Waals surface area (Å²) in [6, 6.07) is 8.38. The normalized spacial score (nSPS) is 16.9. The second-order valence-corrected chi connectivity index (χ2v) is 6.38. The van der Waals surface area contributed by atoms with E-state index in [0.29, 0.717) is 5.92 Å². The predicted molar refractivity (Wildman–Crippen MR) is 80.1 cm³/mol. The van der Waals surface area contributed by atoms with Gasteiger partial charge < -0.3 is 5.32 Å². The van der Waals surface area contributed by atoms with Gasteiger partial charge in [0, 0.05) is 21.3 Å². The number of nitrogens with zero attached hydrogens (tertiary/aromatic N) is 1. The average molecular weight is 323 g/mol. The Balaban J connectivity index is 1.82. The van der Waals surface area contributed by atoms with Crippen molar-refractivity contribution >= 4 is 27.3 Å². The van der Waals surface area contributed by atoms with Gasteiger partial charge in [0.2, 0.25) is 0 Å². The molecule has 2 heterocycles. The Morgan fingerprint density at radius 2 is 1.89 bits per heavy atom. The van der Waals surface area contributed by atoms with Crippen molar-refractivity contribution < 1.29 is 0 Å². The maximum Gasteiger partial charge on any atom is 0.123 e. The van der Waals surface area contributed by atoms with Crippen LogP contribution in [0.1, 0.15) is 24.5 Å². The largest absolute Gasteiger partial charge is 0.317 e. The molecule has 0 radical (unpaired) electrons. The van der Waals surface area contributed by atoms with E-state index in [1.165, 1.54) is 24.1 Å². The molecule has 1 aliphatic heterocycles. The minimum absolute atomic E-state index is 0.645. The van der Waals surface area contributed by atoms with Crippen molar-refractivity contribution in [3.63, 3.8) is 0 Å². The van der Waals surface area contributed by atoms with E-state index in [0.717, 1.165) is 22.6 Å². The first-order chi connectivity index (χ1) is 8.83. The summed E-state index contributed by atoms with van der Waals surface area (Å²) in [6.07, 6.45) is 2.42. The first-order valence-electron chi connectivity index (χ1n) is 6.25. The van der Waals surface area contributed by atoms with Crippen LogP contribution in [-0.4, -0.2) is 18.1 Å². The van der Waals surface area contributed by atoms with E-state index in [4.69, 9.17) is 4.98 Å². The monoisotopic (exact) mass is 322 g/mol. The Morgan fingerprint density at radius 3 is 2.61 bits per heavy atom. The third-order valence-corrected chi connectivity index (χ3v) is 4.81. The summed E-state index contributed by atoms with van der Waals surface area (Å²) in [7, 11) is 0. The van der Waals surface area contributed by atoms with Crippen molar-refractivity contribution in [1.82, 2.24) is 10.3 Å². The van der Waals surface area contributed by atoms with E-state index in [2.05, 4.69) is 50.9 Å². The second-order valence-electron chi connectivity index (χ2n) is 4.61. The number of hydrogen-bond donors (Lipinski definition) is 1. The zero-order valence-electron chi connectivity index (χ0n) is 10.0. The number of nitrogens with one attached hydrogen (secondary N) is 1. The molecule has 2 aromatic rings. The van der Waals surface area contributed by atoms with Crippen LogP contribution in [0.15, 0.2) is 34.1 Å². The molecule has 3 rings (SSSR count). The molecule has 0 unspecified atom stereocenters. The van der Waals surface area contributed by atoms with Crippen LogP contribution in [0.5, 0.6) is 0 Å². The lowest BCUT2D eigenvalue weighted by molar-refractivity contribution is 0.455. The zero-order chi connectivity index (χ0) is 12.4. The molecule has 0 aliphatic carbocycles. The van der Waals surface area contributed by atoms with Crippen LogP contribution in [-0.2, 0) is 0 Å². The molecular formula is C14H15BrN2S. The summed E-state index contributed by atoms with van der Waals surface area (Å²) in [5, 5.41) is 6.76. The first kappa shape index (κ1) is 12.3. The minimum Gasteiger partial charge on any atom is -0.317 e. The third-order valence-electron chi connectivity index (χ3n) is 3.37. The van der Waals surface area contributed by atoms with Crippen LogP contribution in [0, 0.1) is 0 Å². The molecule has 1 aromatic heterocycles. The fraction of sp³-hybridized carbons (Fsp3) is 0.357. The summed E-state index contributed by atoms with van der Waals surface area (Å²) in [4.78, 5) is 4.81. The lowest BCUT2D eigenvalue weighted by Gasteiger charge is -2.20. The van der Waals surface area contributed by atoms with Gasteiger partial charge in [0.1, 0.15) is 5.01 Å². The summed E-state index contributed by atoms with van der Waals surface area (Å²) in [5.74, 6) is 0.645. The van der Waals surface area contributed by atoms with Crippen LogP contribution < -0.4 is 5.32 Å². The van der Waals surface area contributed by atoms with Gasteiger partial charge in [0.15, 0.2) is 0 Å². The molecular weight excluding hydrogens is 308 g/mol. The molecule has 0 bridgehead atoms. The van der Waals surface area contributed by atoms with Gasteiger partial charge in [-0.25, -0.2) is 4.98 Å². The van der Waals surface area contributed by atoms with Crippen molar-refractivity contribution in [3.05, 3.63) is 39.8 Å². The summed E-state index contributed by atoms with van der Waals surface area (Å²) in [5.41, 5.74) is 2.49. The highest BCUT2D eigenvalue weighted by molar-refractivity contribution is 9.10. The fourth-order valence-corrected chi connectivity index (χ4v) is 3.49. The standard InChI is InChI=1S/C14H15BrN2S/c15-12-3-1-11(2-4-12)14-17-13(9-18-14)10-5-7-16-8-6-10/h1-4,9-10,16H,5-8H2. The molecule has 1 saturated heterocycles. The molecule has 4 heteroatoms. The number of thiazole rings is 1. The second kappa shape index (κ2) is 5.51. The molecule has 94 valence electrons. The average Bonchev–Trinajstić information content (AvgIpc) is 2.90. The zero-order valence-corrected chi connectivity index (χ0v) is 12.4. The lowest BCUT2D eigenvalue weighted by atomic mass is 9.95. The van der Waals surface area contributed by atoms with Gasteiger partial charge in [-0.2, -0.15) is 0 Å². The molecule has 1 N–H and O–H groups in total. The van der Waals surface area contributed by atoms with Crippen LogP contribution >= 0.6 is 27.3 Å². The minimum atomic E-state index is 0.645. The van der Waals surface area contributed by atoms with E-state index in [1.807, 2.05) is 0 Å². The maximum atomic E-state index is 4.81. The first-order valence-corrected chi connectivity index (χ1v) is 7.92. The Hall–Kier alpha value is -0.710. The van der Waals surface area contributed by atoms with Crippen molar-refractivity contribution in [2.75, 3.05) is 13.1 Å². The summed E-state index contributed by atoms with van der Waals surface area (Å²) >= 11 is 5.22. The SMILES string of the molecule is Brc1ccc(-c2nc(C3CCNCC3)cs2)cc1. The highest BCUT2D eigenvalue weighted by Gasteiger charge is 2.18. The van der Waals surface area contributed by atoms with Gasteiger partial charge in [-0.15, -0.1) is 11.3 Å². The van der Waals surface area contributed by atoms with Crippen LogP contribution in [0.2, 0.25) is 0 Å². The van der Waals surface area contributed by atoms with Gasteiger partial charge in [-0.3, -0.25) is 0 Å². The Morgan fingerprint density at radius 1 is 1.17 bits per heavy atom. The van der Waals surface area contributed by atoms with E-state index in [9.17, 15) is 0 Å². The van der Waals surface area contributed by atoms with Crippen molar-refractivity contribution in [3.8, 4) is 10.6 Å². The van der Waals surface area contributed by atoms with E-state index < -0.39 is 0 Å². The van der Waals surface area contributed by atoms with Gasteiger partial charge in [-0.05, 0) is 38.1 Å². The molecule has 0 spiro atoms. The fourth-order valence-electron chi connectivity index (χ4n) is 2.32. The van der Waals surface area contributed by atoms with Gasteiger partial charge >= 0.3 is 0 Å². The third kappa shape index (κ3) is 2.66. The van der Waals surface area contributed by atoms with Crippen LogP contribution in [0.25, 0.3) is 10.6 Å². The van der Waals surface area contributed by atoms with Crippen LogP contribution in [0.3, 0.4) is 0 Å². The molecule has 1 aromatic carbocycles. The van der Waals surface area contributed by atoms with Crippen molar-refractivity contribution in [2.45, 2.75) is 18.8 Å². The topological polar surface area (TPSA) is 24.9 Å². The molecule has 2 nitrogen and oxygen atoms in total. The van der Waals surface area contributed by atoms with E-state index in [1.54, 1.807) is 11.3 Å². The number of hydrogen-bond acceptors (Lipinski definition) is 3. The van der Waals surface area contributed by atoms with Crippen LogP contribution in [0.4, 0.5) is 0 Å². The molecule has 0 saturated carbocycles. The van der Waals surface area contributed by atoms with E-state index >= 15 is 0 Å². The van der Waals surface area contributed by atoms with Gasteiger partial charge in [0.25, 0.3) is 0 Å². The van der Waals surface area contributed by atoms with E-state index in [-0.39, 0.29) is 0 Å².